The van der Waals surface area contributed by atoms with E-state index in [9.17, 15) is 9.18 Å². The Morgan fingerprint density at radius 2 is 1.88 bits per heavy atom. The van der Waals surface area contributed by atoms with E-state index in [0.29, 0.717) is 6.42 Å². The molecule has 3 heterocycles. The molecule has 25 heavy (non-hydrogen) atoms. The summed E-state index contributed by atoms with van der Waals surface area (Å²) >= 11 is 0. The molecule has 1 unspecified atom stereocenters. The third kappa shape index (κ3) is 2.14. The zero-order chi connectivity index (χ0) is 17.1. The van der Waals surface area contributed by atoms with Crippen LogP contribution in [0.3, 0.4) is 0 Å². The van der Waals surface area contributed by atoms with Crippen molar-refractivity contribution in [1.29, 1.82) is 0 Å². The number of pyridine rings is 2. The minimum Gasteiger partial charge on any atom is -0.337 e. The Labute approximate surface area is 146 Å². The molecule has 3 saturated carbocycles. The molecule has 2 aromatic rings. The zero-order valence-electron chi connectivity index (χ0n) is 14.0. The van der Waals surface area contributed by atoms with E-state index in [2.05, 4.69) is 27.0 Å². The Morgan fingerprint density at radius 1 is 1.12 bits per heavy atom. The van der Waals surface area contributed by atoms with Crippen LogP contribution in [0.5, 0.6) is 0 Å². The van der Waals surface area contributed by atoms with Crippen molar-refractivity contribution in [2.24, 2.45) is 0 Å². The molecule has 1 aliphatic heterocycles. The van der Waals surface area contributed by atoms with Crippen LogP contribution < -0.4 is 0 Å². The van der Waals surface area contributed by atoms with Crippen molar-refractivity contribution >= 4 is 5.91 Å². The number of rotatable bonds is 3. The molecule has 5 heteroatoms. The molecule has 2 aromatic heterocycles. The lowest BCUT2D eigenvalue weighted by Gasteiger charge is -2.74. The highest BCUT2D eigenvalue weighted by Crippen LogP contribution is 2.70. The van der Waals surface area contributed by atoms with E-state index in [4.69, 9.17) is 0 Å². The fourth-order valence-electron chi connectivity index (χ4n) is 5.25. The van der Waals surface area contributed by atoms with E-state index < -0.39 is 0 Å². The molecule has 1 saturated heterocycles. The minimum absolute atomic E-state index is 0.0849. The molecule has 0 spiro atoms. The molecule has 4 aliphatic rings. The topological polar surface area (TPSA) is 46.1 Å². The van der Waals surface area contributed by atoms with Gasteiger partial charge < -0.3 is 4.90 Å². The van der Waals surface area contributed by atoms with Gasteiger partial charge in [-0.05, 0) is 55.5 Å². The first-order valence-electron chi connectivity index (χ1n) is 8.93. The number of carbonyl (C=O) groups is 1. The van der Waals surface area contributed by atoms with Gasteiger partial charge in [0, 0.05) is 47.9 Å². The van der Waals surface area contributed by atoms with Crippen LogP contribution in [-0.4, -0.2) is 32.9 Å². The standard InChI is InChI=1S/C20H20FN3O/c21-16-1-2-17(23-10-16)14-5-8-24(18(25)9-14)20-11-19(12-20,13-20)15-3-6-22-7-4-15/h1-4,6-7,10,14H,5,8-9,11-13H2. The summed E-state index contributed by atoms with van der Waals surface area (Å²) < 4.78 is 13.0. The number of aromatic nitrogens is 2. The fraction of sp³-hybridized carbons (Fsp3) is 0.450. The second-order valence-corrected chi connectivity index (χ2v) is 7.91. The first-order valence-corrected chi connectivity index (χ1v) is 8.93. The zero-order valence-corrected chi connectivity index (χ0v) is 14.0. The number of halogens is 1. The van der Waals surface area contributed by atoms with Crippen molar-refractivity contribution in [3.05, 3.63) is 59.9 Å². The highest BCUT2D eigenvalue weighted by atomic mass is 19.1. The average molecular weight is 337 g/mol. The summed E-state index contributed by atoms with van der Waals surface area (Å²) in [5.74, 6) is 0.0130. The smallest absolute Gasteiger partial charge is 0.223 e. The van der Waals surface area contributed by atoms with Crippen LogP contribution in [0.25, 0.3) is 0 Å². The predicted molar refractivity (Wildman–Crippen MR) is 90.4 cm³/mol. The van der Waals surface area contributed by atoms with Gasteiger partial charge in [-0.2, -0.15) is 0 Å². The highest BCUT2D eigenvalue weighted by molar-refractivity contribution is 5.80. The monoisotopic (exact) mass is 337 g/mol. The minimum atomic E-state index is -0.331. The van der Waals surface area contributed by atoms with Gasteiger partial charge in [-0.3, -0.25) is 14.8 Å². The Bertz CT molecular complexity index is 801. The molecule has 6 rings (SSSR count). The van der Waals surface area contributed by atoms with Gasteiger partial charge in [-0.25, -0.2) is 4.39 Å². The maximum Gasteiger partial charge on any atom is 0.223 e. The summed E-state index contributed by atoms with van der Waals surface area (Å²) in [7, 11) is 0. The van der Waals surface area contributed by atoms with Crippen LogP contribution in [-0.2, 0) is 10.2 Å². The number of carbonyl (C=O) groups excluding carboxylic acids is 1. The van der Waals surface area contributed by atoms with Crippen molar-refractivity contribution in [2.45, 2.75) is 49.0 Å². The number of likely N-dealkylation sites (tertiary alicyclic amines) is 1. The fourth-order valence-corrected chi connectivity index (χ4v) is 5.25. The quantitative estimate of drug-likeness (QED) is 0.864. The van der Waals surface area contributed by atoms with Gasteiger partial charge in [0.05, 0.1) is 6.20 Å². The van der Waals surface area contributed by atoms with E-state index in [1.807, 2.05) is 12.4 Å². The summed E-state index contributed by atoms with van der Waals surface area (Å²) in [5, 5.41) is 0. The molecular weight excluding hydrogens is 317 g/mol. The molecule has 3 aliphatic carbocycles. The van der Waals surface area contributed by atoms with Crippen molar-refractivity contribution in [3.63, 3.8) is 0 Å². The maximum atomic E-state index is 13.0. The number of piperidine rings is 1. The molecule has 128 valence electrons. The molecule has 1 atom stereocenters. The lowest BCUT2D eigenvalue weighted by molar-refractivity contribution is -0.189. The van der Waals surface area contributed by atoms with Crippen LogP contribution in [0.2, 0.25) is 0 Å². The number of amides is 1. The molecule has 0 aromatic carbocycles. The molecule has 1 amide bonds. The van der Waals surface area contributed by atoms with Crippen molar-refractivity contribution in [3.8, 4) is 0 Å². The van der Waals surface area contributed by atoms with E-state index in [1.165, 1.54) is 17.8 Å². The summed E-state index contributed by atoms with van der Waals surface area (Å²) in [6, 6.07) is 7.36. The van der Waals surface area contributed by atoms with E-state index in [-0.39, 0.29) is 28.6 Å². The Hall–Kier alpha value is -2.30. The van der Waals surface area contributed by atoms with Crippen LogP contribution >= 0.6 is 0 Å². The molecule has 2 bridgehead atoms. The van der Waals surface area contributed by atoms with Crippen LogP contribution in [0.15, 0.2) is 42.9 Å². The van der Waals surface area contributed by atoms with Gasteiger partial charge in [-0.15, -0.1) is 0 Å². The van der Waals surface area contributed by atoms with Gasteiger partial charge in [-0.1, -0.05) is 0 Å². The summed E-state index contributed by atoms with van der Waals surface area (Å²) in [5.41, 5.74) is 2.56. The van der Waals surface area contributed by atoms with Crippen molar-refractivity contribution in [2.75, 3.05) is 6.54 Å². The third-order valence-corrected chi connectivity index (χ3v) is 6.46. The number of hydrogen-bond acceptors (Lipinski definition) is 3. The summed E-state index contributed by atoms with van der Waals surface area (Å²) in [6.07, 6.45) is 9.59. The van der Waals surface area contributed by atoms with Crippen LogP contribution in [0.1, 0.15) is 49.3 Å². The lowest BCUT2D eigenvalue weighted by atomic mass is 9.37. The Balaban J connectivity index is 1.26. The summed E-state index contributed by atoms with van der Waals surface area (Å²) in [6.45, 7) is 0.787. The van der Waals surface area contributed by atoms with E-state index in [1.54, 1.807) is 6.07 Å². The first-order chi connectivity index (χ1) is 12.1. The normalized spacial score (nSPS) is 33.6. The van der Waals surface area contributed by atoms with Crippen molar-refractivity contribution < 1.29 is 9.18 Å². The van der Waals surface area contributed by atoms with Crippen molar-refractivity contribution in [1.82, 2.24) is 14.9 Å². The Kier molecular flexibility index (Phi) is 3.06. The van der Waals surface area contributed by atoms with Crippen LogP contribution in [0.4, 0.5) is 4.39 Å². The van der Waals surface area contributed by atoms with Crippen LogP contribution in [0, 0.1) is 5.82 Å². The number of hydrogen-bond donors (Lipinski definition) is 0. The third-order valence-electron chi connectivity index (χ3n) is 6.46. The van der Waals surface area contributed by atoms with E-state index >= 15 is 0 Å². The van der Waals surface area contributed by atoms with Gasteiger partial charge >= 0.3 is 0 Å². The molecule has 0 N–H and O–H groups in total. The largest absolute Gasteiger partial charge is 0.337 e. The summed E-state index contributed by atoms with van der Waals surface area (Å²) in [4.78, 5) is 23.2. The molecule has 4 nitrogen and oxygen atoms in total. The Morgan fingerprint density at radius 3 is 2.52 bits per heavy atom. The first kappa shape index (κ1) is 15.0. The SMILES string of the molecule is O=C1CC(c2ccc(F)cn2)CCN1C12CC(c3ccncc3)(C1)C2. The molecule has 0 radical (unpaired) electrons. The second-order valence-electron chi connectivity index (χ2n) is 7.91. The lowest BCUT2D eigenvalue weighted by Crippen LogP contribution is -2.78. The van der Waals surface area contributed by atoms with Gasteiger partial charge in [0.1, 0.15) is 5.82 Å². The second kappa shape index (κ2) is 5.10. The molecule has 4 fully saturated rings. The predicted octanol–water partition coefficient (Wildman–Crippen LogP) is 3.20. The van der Waals surface area contributed by atoms with Gasteiger partial charge in [0.15, 0.2) is 0 Å². The average Bonchev–Trinajstić information content (AvgIpc) is 2.56. The van der Waals surface area contributed by atoms with Gasteiger partial charge in [0.2, 0.25) is 5.91 Å². The number of nitrogens with zero attached hydrogens (tertiary/aromatic N) is 3. The maximum absolute atomic E-state index is 13.0. The molecular formula is C20H20FN3O. The van der Waals surface area contributed by atoms with Gasteiger partial charge in [0.25, 0.3) is 0 Å². The highest BCUT2D eigenvalue weighted by Gasteiger charge is 2.71. The van der Waals surface area contributed by atoms with E-state index in [0.717, 1.165) is 37.9 Å².